The standard InChI is InChI=1S/C19H14BCl2N3O3.2C2H6/c1-28-18-14(26)7-13(21)16(17(18)22)11-6-15(27)24-19-12(11)8-23-25(19)10-4-2-9(20)3-5-10;2*1-2/h2-5,7-8,11,26H,6H2,1H3,(H,24,27);2*1-2H3. The highest BCUT2D eigenvalue weighted by Crippen LogP contribution is 2.49. The quantitative estimate of drug-likeness (QED) is 0.511. The molecule has 2 radical (unpaired) electrons. The molecule has 2 N–H and O–H groups in total. The van der Waals surface area contributed by atoms with E-state index < -0.39 is 5.92 Å². The van der Waals surface area contributed by atoms with Crippen LogP contribution in [-0.4, -0.2) is 35.8 Å². The van der Waals surface area contributed by atoms with E-state index in [9.17, 15) is 9.90 Å². The lowest BCUT2D eigenvalue weighted by Gasteiger charge is -2.26. The Bertz CT molecular complexity index is 1090. The van der Waals surface area contributed by atoms with Gasteiger partial charge in [-0.05, 0) is 12.1 Å². The molecule has 4 rings (SSSR count). The van der Waals surface area contributed by atoms with Gasteiger partial charge in [-0.1, -0.05) is 68.5 Å². The summed E-state index contributed by atoms with van der Waals surface area (Å²) in [5.41, 5.74) is 2.64. The van der Waals surface area contributed by atoms with E-state index in [1.165, 1.54) is 13.2 Å². The van der Waals surface area contributed by atoms with Crippen molar-refractivity contribution in [2.24, 2.45) is 0 Å². The van der Waals surface area contributed by atoms with Crippen LogP contribution in [0.2, 0.25) is 10.0 Å². The summed E-state index contributed by atoms with van der Waals surface area (Å²) in [4.78, 5) is 12.5. The van der Waals surface area contributed by atoms with E-state index in [0.717, 1.165) is 11.3 Å². The minimum absolute atomic E-state index is 0.111. The fourth-order valence-electron chi connectivity index (χ4n) is 3.41. The van der Waals surface area contributed by atoms with Crippen molar-refractivity contribution in [1.29, 1.82) is 0 Å². The zero-order chi connectivity index (χ0) is 24.0. The number of phenols is 1. The van der Waals surface area contributed by atoms with E-state index in [0.29, 0.717) is 16.8 Å². The third kappa shape index (κ3) is 4.89. The summed E-state index contributed by atoms with van der Waals surface area (Å²) in [5, 5.41) is 17.7. The molecule has 1 amide bonds. The number of phenolic OH excluding ortho intramolecular Hbond substituents is 1. The van der Waals surface area contributed by atoms with Crippen molar-refractivity contribution in [3.05, 3.63) is 57.7 Å². The highest BCUT2D eigenvalue weighted by molar-refractivity contribution is 6.37. The van der Waals surface area contributed by atoms with Gasteiger partial charge in [0, 0.05) is 34.6 Å². The second kappa shape index (κ2) is 11.3. The van der Waals surface area contributed by atoms with E-state index in [2.05, 4.69) is 10.4 Å². The number of ether oxygens (including phenoxy) is 1. The molecule has 1 aliphatic heterocycles. The van der Waals surface area contributed by atoms with Crippen molar-refractivity contribution in [3.8, 4) is 17.2 Å². The first-order chi connectivity index (χ1) is 15.4. The largest absolute Gasteiger partial charge is 0.504 e. The number of rotatable bonds is 3. The van der Waals surface area contributed by atoms with Crippen LogP contribution in [0.15, 0.2) is 36.5 Å². The minimum atomic E-state index is -0.444. The van der Waals surface area contributed by atoms with Crippen LogP contribution >= 0.6 is 23.2 Å². The Morgan fingerprint density at radius 2 is 1.81 bits per heavy atom. The molecule has 0 bridgehead atoms. The SMILES string of the molecule is CC.CC.[B]c1ccc(-n2ncc3c2NC(=O)CC3c2c(Cl)cc(O)c(OC)c2Cl)cc1. The maximum absolute atomic E-state index is 12.5. The van der Waals surface area contributed by atoms with Gasteiger partial charge in [-0.3, -0.25) is 4.79 Å². The third-order valence-corrected chi connectivity index (χ3v) is 5.39. The lowest BCUT2D eigenvalue weighted by molar-refractivity contribution is -0.116. The predicted molar refractivity (Wildman–Crippen MR) is 131 cm³/mol. The molecule has 6 nitrogen and oxygen atoms in total. The molecule has 1 atom stereocenters. The van der Waals surface area contributed by atoms with Crippen molar-refractivity contribution in [2.75, 3.05) is 12.4 Å². The molecular formula is C23H26BCl2N3O3. The first kappa shape index (κ1) is 25.6. The van der Waals surface area contributed by atoms with Crippen molar-refractivity contribution in [3.63, 3.8) is 0 Å². The van der Waals surface area contributed by atoms with Gasteiger partial charge in [0.25, 0.3) is 0 Å². The zero-order valence-electron chi connectivity index (χ0n) is 18.7. The van der Waals surface area contributed by atoms with Crippen LogP contribution in [0.3, 0.4) is 0 Å². The smallest absolute Gasteiger partial charge is 0.226 e. The second-order valence-corrected chi connectivity index (χ2v) is 7.18. The van der Waals surface area contributed by atoms with Crippen molar-refractivity contribution >= 4 is 48.2 Å². The molecule has 2 heterocycles. The first-order valence-corrected chi connectivity index (χ1v) is 11.1. The van der Waals surface area contributed by atoms with Gasteiger partial charge in [0.1, 0.15) is 13.7 Å². The summed E-state index contributed by atoms with van der Waals surface area (Å²) in [6.45, 7) is 8.00. The molecule has 2 aromatic carbocycles. The van der Waals surface area contributed by atoms with E-state index in [1.807, 2.05) is 39.8 Å². The maximum atomic E-state index is 12.5. The van der Waals surface area contributed by atoms with Gasteiger partial charge in [0.15, 0.2) is 11.5 Å². The molecule has 1 aliphatic rings. The minimum Gasteiger partial charge on any atom is -0.504 e. The maximum Gasteiger partial charge on any atom is 0.226 e. The topological polar surface area (TPSA) is 76.4 Å². The number of halogens is 2. The monoisotopic (exact) mass is 473 g/mol. The van der Waals surface area contributed by atoms with Gasteiger partial charge in [0.2, 0.25) is 5.91 Å². The summed E-state index contributed by atoms with van der Waals surface area (Å²) < 4.78 is 6.81. The Hall–Kier alpha value is -2.64. The highest BCUT2D eigenvalue weighted by atomic mass is 35.5. The fourth-order valence-corrected chi connectivity index (χ4v) is 4.19. The number of carbonyl (C=O) groups is 1. The molecular weight excluding hydrogens is 448 g/mol. The third-order valence-electron chi connectivity index (χ3n) is 4.70. The van der Waals surface area contributed by atoms with E-state index in [1.54, 1.807) is 23.0 Å². The summed E-state index contributed by atoms with van der Waals surface area (Å²) in [6.07, 6.45) is 1.80. The second-order valence-electron chi connectivity index (χ2n) is 6.40. The summed E-state index contributed by atoms with van der Waals surface area (Å²) in [7, 11) is 7.15. The number of nitrogens with one attached hydrogen (secondary N) is 1. The number of hydrogen-bond acceptors (Lipinski definition) is 4. The van der Waals surface area contributed by atoms with Crippen LogP contribution in [-0.2, 0) is 4.79 Å². The van der Waals surface area contributed by atoms with Gasteiger partial charge in [-0.2, -0.15) is 5.10 Å². The fraction of sp³-hybridized carbons (Fsp3) is 0.304. The van der Waals surface area contributed by atoms with Crippen LogP contribution in [0.1, 0.15) is 51.2 Å². The molecule has 0 spiro atoms. The number of fused-ring (bicyclic) bond motifs is 1. The van der Waals surface area contributed by atoms with Crippen molar-refractivity contribution in [2.45, 2.75) is 40.0 Å². The Balaban J connectivity index is 0.000000860. The molecule has 0 fully saturated rings. The highest BCUT2D eigenvalue weighted by Gasteiger charge is 2.34. The number of aromatic nitrogens is 2. The van der Waals surface area contributed by atoms with Gasteiger partial charge in [-0.25, -0.2) is 4.68 Å². The Kier molecular flexibility index (Phi) is 9.04. The van der Waals surface area contributed by atoms with Crippen LogP contribution < -0.4 is 15.5 Å². The lowest BCUT2D eigenvalue weighted by Crippen LogP contribution is -2.25. The van der Waals surface area contributed by atoms with Crippen LogP contribution in [0.25, 0.3) is 5.69 Å². The zero-order valence-corrected chi connectivity index (χ0v) is 20.3. The molecule has 3 aromatic rings. The number of carbonyl (C=O) groups excluding carboxylic acids is 1. The van der Waals surface area contributed by atoms with Crippen LogP contribution in [0.5, 0.6) is 11.5 Å². The first-order valence-electron chi connectivity index (χ1n) is 10.4. The number of methoxy groups -OCH3 is 1. The van der Waals surface area contributed by atoms with Crippen LogP contribution in [0.4, 0.5) is 5.82 Å². The number of benzene rings is 2. The van der Waals surface area contributed by atoms with E-state index in [-0.39, 0.29) is 33.9 Å². The average molecular weight is 474 g/mol. The molecule has 1 aromatic heterocycles. The summed E-state index contributed by atoms with van der Waals surface area (Å²) >= 11 is 12.8. The molecule has 0 aliphatic carbocycles. The molecule has 0 saturated heterocycles. The van der Waals surface area contributed by atoms with Gasteiger partial charge < -0.3 is 15.2 Å². The number of nitrogens with zero attached hydrogens (tertiary/aromatic N) is 2. The van der Waals surface area contributed by atoms with Gasteiger partial charge >= 0.3 is 0 Å². The molecule has 168 valence electrons. The molecule has 1 unspecified atom stereocenters. The number of aromatic hydroxyl groups is 1. The van der Waals surface area contributed by atoms with E-state index >= 15 is 0 Å². The number of hydrogen-bond donors (Lipinski definition) is 2. The summed E-state index contributed by atoms with van der Waals surface area (Å²) in [5.74, 6) is -0.168. The lowest BCUT2D eigenvalue weighted by atomic mass is 9.87. The average Bonchev–Trinajstić information content (AvgIpc) is 3.21. The van der Waals surface area contributed by atoms with Crippen LogP contribution in [0, 0.1) is 0 Å². The van der Waals surface area contributed by atoms with Crippen molar-refractivity contribution in [1.82, 2.24) is 9.78 Å². The summed E-state index contributed by atoms with van der Waals surface area (Å²) in [6, 6.07) is 8.48. The van der Waals surface area contributed by atoms with Gasteiger partial charge in [-0.15, -0.1) is 0 Å². The Labute approximate surface area is 199 Å². The number of anilines is 1. The Morgan fingerprint density at radius 3 is 2.41 bits per heavy atom. The normalized spacial score (nSPS) is 14.2. The Morgan fingerprint density at radius 1 is 1.19 bits per heavy atom. The van der Waals surface area contributed by atoms with Gasteiger partial charge in [0.05, 0.1) is 24.0 Å². The molecule has 32 heavy (non-hydrogen) atoms. The van der Waals surface area contributed by atoms with E-state index in [4.69, 9.17) is 35.8 Å². The molecule has 0 saturated carbocycles. The predicted octanol–water partition coefficient (Wildman–Crippen LogP) is 5.21. The van der Waals surface area contributed by atoms with Crippen molar-refractivity contribution < 1.29 is 14.6 Å². The number of amides is 1. The molecule has 9 heteroatoms.